The van der Waals surface area contributed by atoms with Gasteiger partial charge in [-0.2, -0.15) is 0 Å². The zero-order valence-corrected chi connectivity index (χ0v) is 13.0. The molecule has 1 heterocycles. The monoisotopic (exact) mass is 305 g/mol. The van der Waals surface area contributed by atoms with E-state index in [-0.39, 0.29) is 6.04 Å². The maximum Gasteiger partial charge on any atom is 0.315 e. The molecule has 1 N–H and O–H groups in total. The Morgan fingerprint density at radius 1 is 1.33 bits per heavy atom. The molecule has 2 amide bonds. The Balaban J connectivity index is 2.03. The van der Waals surface area contributed by atoms with Crippen molar-refractivity contribution in [1.29, 1.82) is 0 Å². The van der Waals surface area contributed by atoms with Crippen LogP contribution in [0.3, 0.4) is 0 Å². The SMILES string of the molecule is CC(C)N(Cc1ccccc1)C(=O)C(=O)NC1=NCCS1. The molecule has 1 aromatic rings. The topological polar surface area (TPSA) is 61.8 Å². The van der Waals surface area contributed by atoms with Crippen molar-refractivity contribution < 1.29 is 9.59 Å². The summed E-state index contributed by atoms with van der Waals surface area (Å²) in [4.78, 5) is 30.0. The van der Waals surface area contributed by atoms with Gasteiger partial charge in [0.25, 0.3) is 0 Å². The Morgan fingerprint density at radius 2 is 2.05 bits per heavy atom. The van der Waals surface area contributed by atoms with Gasteiger partial charge in [-0.3, -0.25) is 19.9 Å². The van der Waals surface area contributed by atoms with Crippen LogP contribution in [0.4, 0.5) is 0 Å². The highest BCUT2D eigenvalue weighted by Crippen LogP contribution is 2.11. The standard InChI is InChI=1S/C15H19N3O2S/c1-11(2)18(10-12-6-4-3-5-7-12)14(20)13(19)17-15-16-8-9-21-15/h3-7,11H,8-10H2,1-2H3,(H,16,17,19). The van der Waals surface area contributed by atoms with E-state index in [1.165, 1.54) is 11.8 Å². The summed E-state index contributed by atoms with van der Waals surface area (Å²) in [5.41, 5.74) is 1.000. The lowest BCUT2D eigenvalue weighted by molar-refractivity contribution is -0.146. The highest BCUT2D eigenvalue weighted by Gasteiger charge is 2.25. The van der Waals surface area contributed by atoms with Crippen molar-refractivity contribution in [3.63, 3.8) is 0 Å². The second-order valence-corrected chi connectivity index (χ2v) is 6.09. The van der Waals surface area contributed by atoms with Gasteiger partial charge < -0.3 is 4.90 Å². The second kappa shape index (κ2) is 7.26. The Bertz CT molecular complexity index is 543. The van der Waals surface area contributed by atoms with Gasteiger partial charge in [-0.25, -0.2) is 0 Å². The molecule has 0 fully saturated rings. The molecule has 0 bridgehead atoms. The number of hydrogen-bond acceptors (Lipinski definition) is 4. The summed E-state index contributed by atoms with van der Waals surface area (Å²) in [7, 11) is 0. The van der Waals surface area contributed by atoms with Crippen molar-refractivity contribution in [3.8, 4) is 0 Å². The highest BCUT2D eigenvalue weighted by atomic mass is 32.2. The summed E-state index contributed by atoms with van der Waals surface area (Å²) in [6, 6.07) is 9.59. The average molecular weight is 305 g/mol. The van der Waals surface area contributed by atoms with Crippen LogP contribution >= 0.6 is 11.8 Å². The van der Waals surface area contributed by atoms with Gasteiger partial charge in [-0.1, -0.05) is 42.1 Å². The molecule has 1 aromatic carbocycles. The van der Waals surface area contributed by atoms with Crippen molar-refractivity contribution in [2.45, 2.75) is 26.4 Å². The first-order valence-corrected chi connectivity index (χ1v) is 7.89. The van der Waals surface area contributed by atoms with E-state index in [2.05, 4.69) is 10.3 Å². The molecular weight excluding hydrogens is 286 g/mol. The van der Waals surface area contributed by atoms with Crippen LogP contribution in [-0.4, -0.2) is 40.2 Å². The molecule has 0 atom stereocenters. The molecule has 1 aliphatic heterocycles. The lowest BCUT2D eigenvalue weighted by atomic mass is 10.2. The van der Waals surface area contributed by atoms with Crippen LogP contribution in [-0.2, 0) is 16.1 Å². The van der Waals surface area contributed by atoms with Crippen molar-refractivity contribution in [1.82, 2.24) is 10.2 Å². The number of carbonyl (C=O) groups excluding carboxylic acids is 2. The minimum atomic E-state index is -0.618. The maximum absolute atomic E-state index is 12.3. The summed E-state index contributed by atoms with van der Waals surface area (Å²) < 4.78 is 0. The van der Waals surface area contributed by atoms with Crippen LogP contribution in [0.15, 0.2) is 35.3 Å². The van der Waals surface area contributed by atoms with Gasteiger partial charge in [0.2, 0.25) is 0 Å². The number of rotatable bonds is 3. The predicted octanol–water partition coefficient (Wildman–Crippen LogP) is 1.64. The number of amidine groups is 1. The van der Waals surface area contributed by atoms with E-state index in [1.54, 1.807) is 4.90 Å². The Labute approximate surface area is 128 Å². The first kappa shape index (κ1) is 15.6. The predicted molar refractivity (Wildman–Crippen MR) is 85.0 cm³/mol. The summed E-state index contributed by atoms with van der Waals surface area (Å²) in [5, 5.41) is 3.12. The smallest absolute Gasteiger partial charge is 0.315 e. The molecule has 5 nitrogen and oxygen atoms in total. The number of carbonyl (C=O) groups is 2. The summed E-state index contributed by atoms with van der Waals surface area (Å²) in [5.74, 6) is -0.293. The number of aliphatic imine (C=N–C) groups is 1. The number of nitrogens with zero attached hydrogens (tertiary/aromatic N) is 2. The largest absolute Gasteiger partial charge is 0.328 e. The quantitative estimate of drug-likeness (QED) is 0.864. The number of benzene rings is 1. The fourth-order valence-corrected chi connectivity index (χ4v) is 2.68. The first-order valence-electron chi connectivity index (χ1n) is 6.91. The Morgan fingerprint density at radius 3 is 2.62 bits per heavy atom. The minimum absolute atomic E-state index is 0.0540. The number of amides is 2. The molecule has 0 radical (unpaired) electrons. The second-order valence-electron chi connectivity index (χ2n) is 5.00. The normalized spacial score (nSPS) is 14.0. The molecule has 0 saturated carbocycles. The fraction of sp³-hybridized carbons (Fsp3) is 0.400. The molecule has 2 rings (SSSR count). The van der Waals surface area contributed by atoms with Crippen molar-refractivity contribution >= 4 is 28.7 Å². The molecule has 0 aliphatic carbocycles. The third-order valence-electron chi connectivity index (χ3n) is 3.08. The van der Waals surface area contributed by atoms with Crippen molar-refractivity contribution in [2.75, 3.05) is 12.3 Å². The van der Waals surface area contributed by atoms with Crippen LogP contribution in [0, 0.1) is 0 Å². The molecule has 6 heteroatoms. The lowest BCUT2D eigenvalue weighted by Crippen LogP contribution is -2.46. The zero-order chi connectivity index (χ0) is 15.2. The molecule has 0 aromatic heterocycles. The van der Waals surface area contributed by atoms with E-state index in [9.17, 15) is 9.59 Å². The van der Waals surface area contributed by atoms with Crippen molar-refractivity contribution in [2.24, 2.45) is 4.99 Å². The molecule has 1 aliphatic rings. The van der Waals surface area contributed by atoms with Crippen LogP contribution in [0.1, 0.15) is 19.4 Å². The van der Waals surface area contributed by atoms with Crippen LogP contribution in [0.5, 0.6) is 0 Å². The third-order valence-corrected chi connectivity index (χ3v) is 3.97. The van der Waals surface area contributed by atoms with Gasteiger partial charge in [-0.05, 0) is 19.4 Å². The van der Waals surface area contributed by atoms with E-state index in [0.717, 1.165) is 11.3 Å². The number of hydrogen-bond donors (Lipinski definition) is 1. The summed E-state index contributed by atoms with van der Waals surface area (Å²) in [6.45, 7) is 4.91. The third kappa shape index (κ3) is 4.32. The Hall–Kier alpha value is -1.82. The first-order chi connectivity index (χ1) is 10.1. The van der Waals surface area contributed by atoms with E-state index < -0.39 is 11.8 Å². The maximum atomic E-state index is 12.3. The molecule has 21 heavy (non-hydrogen) atoms. The van der Waals surface area contributed by atoms with Crippen LogP contribution in [0.25, 0.3) is 0 Å². The van der Waals surface area contributed by atoms with E-state index in [1.807, 2.05) is 44.2 Å². The molecule has 0 unspecified atom stereocenters. The minimum Gasteiger partial charge on any atom is -0.328 e. The summed E-state index contributed by atoms with van der Waals surface area (Å²) in [6.07, 6.45) is 0. The van der Waals surface area contributed by atoms with Gasteiger partial charge in [0.15, 0.2) is 5.17 Å². The van der Waals surface area contributed by atoms with Crippen molar-refractivity contribution in [3.05, 3.63) is 35.9 Å². The van der Waals surface area contributed by atoms with Crippen LogP contribution < -0.4 is 5.32 Å². The van der Waals surface area contributed by atoms with Gasteiger partial charge in [0, 0.05) is 18.3 Å². The van der Waals surface area contributed by atoms with E-state index >= 15 is 0 Å². The molecule has 0 spiro atoms. The van der Waals surface area contributed by atoms with Crippen LogP contribution in [0.2, 0.25) is 0 Å². The molecule has 112 valence electrons. The summed E-state index contributed by atoms with van der Waals surface area (Å²) >= 11 is 1.46. The molecular formula is C15H19N3O2S. The van der Waals surface area contributed by atoms with E-state index in [0.29, 0.717) is 18.3 Å². The van der Waals surface area contributed by atoms with Gasteiger partial charge in [0.05, 0.1) is 6.54 Å². The fourth-order valence-electron chi connectivity index (χ4n) is 1.96. The number of nitrogens with one attached hydrogen (secondary N) is 1. The molecule has 0 saturated heterocycles. The van der Waals surface area contributed by atoms with Gasteiger partial charge in [0.1, 0.15) is 0 Å². The zero-order valence-electron chi connectivity index (χ0n) is 12.2. The van der Waals surface area contributed by atoms with Gasteiger partial charge >= 0.3 is 11.8 Å². The lowest BCUT2D eigenvalue weighted by Gasteiger charge is -2.26. The highest BCUT2D eigenvalue weighted by molar-refractivity contribution is 8.14. The van der Waals surface area contributed by atoms with E-state index in [4.69, 9.17) is 0 Å². The number of thioether (sulfide) groups is 1. The average Bonchev–Trinajstić information content (AvgIpc) is 2.97. The van der Waals surface area contributed by atoms with Gasteiger partial charge in [-0.15, -0.1) is 0 Å². The Kier molecular flexibility index (Phi) is 5.38.